The molecule has 8 heteroatoms. The minimum Gasteiger partial charge on any atom is -0.350 e. The van der Waals surface area contributed by atoms with Gasteiger partial charge in [0.25, 0.3) is 11.8 Å². The minimum absolute atomic E-state index is 0.0501. The van der Waals surface area contributed by atoms with Crippen LogP contribution in [0.1, 0.15) is 42.2 Å². The van der Waals surface area contributed by atoms with Crippen molar-refractivity contribution in [2.45, 2.75) is 38.2 Å². The average Bonchev–Trinajstić information content (AvgIpc) is 3.06. The first-order valence-corrected chi connectivity index (χ1v) is 9.29. The van der Waals surface area contributed by atoms with E-state index in [1.54, 1.807) is 31.2 Å². The van der Waals surface area contributed by atoms with E-state index in [0.717, 1.165) is 5.39 Å². The number of carbonyl (C=O) groups excluding carboxylic acids is 2. The predicted molar refractivity (Wildman–Crippen MR) is 97.8 cm³/mol. The second-order valence-corrected chi connectivity index (χ2v) is 7.70. The number of likely N-dealkylation sites (tertiary alicyclic amines) is 1. The second-order valence-electron chi connectivity index (χ2n) is 7.70. The predicted octanol–water partition coefficient (Wildman–Crippen LogP) is 2.81. The molecule has 2 aliphatic rings. The van der Waals surface area contributed by atoms with Crippen molar-refractivity contribution < 1.29 is 18.4 Å². The number of H-pyrrole nitrogens is 1. The molecule has 2 N–H and O–H groups in total. The quantitative estimate of drug-likeness (QED) is 0.847. The number of aromatic amines is 1. The molecule has 1 aliphatic carbocycles. The summed E-state index contributed by atoms with van der Waals surface area (Å²) in [7, 11) is 0. The third kappa shape index (κ3) is 2.91. The number of benzene rings is 1. The molecular weight excluding hydrogens is 366 g/mol. The van der Waals surface area contributed by atoms with E-state index in [0.29, 0.717) is 30.5 Å². The highest BCUT2D eigenvalue weighted by Crippen LogP contribution is 2.65. The molecule has 1 aromatic heterocycles. The Morgan fingerprint density at radius 2 is 2.14 bits per heavy atom. The molecule has 146 valence electrons. The highest BCUT2D eigenvalue weighted by Gasteiger charge is 2.73. The molecule has 28 heavy (non-hydrogen) atoms. The lowest BCUT2D eigenvalue weighted by Gasteiger charge is -2.23. The van der Waals surface area contributed by atoms with Gasteiger partial charge in [-0.15, -0.1) is 0 Å². The summed E-state index contributed by atoms with van der Waals surface area (Å²) < 4.78 is 27.1. The number of hydrogen-bond acceptors (Lipinski definition) is 3. The van der Waals surface area contributed by atoms with Gasteiger partial charge in [0.2, 0.25) is 5.91 Å². The van der Waals surface area contributed by atoms with Crippen molar-refractivity contribution in [3.05, 3.63) is 35.5 Å². The molecular formula is C20H20F2N4O2. The number of carbonyl (C=O) groups is 2. The molecule has 2 atom stereocenters. The van der Waals surface area contributed by atoms with Crippen LogP contribution in [0.4, 0.5) is 8.78 Å². The molecule has 1 spiro atoms. The van der Waals surface area contributed by atoms with Crippen molar-refractivity contribution >= 4 is 22.7 Å². The van der Waals surface area contributed by atoms with Crippen LogP contribution in [-0.2, 0) is 4.79 Å². The van der Waals surface area contributed by atoms with Crippen LogP contribution in [0.5, 0.6) is 0 Å². The number of halogens is 2. The van der Waals surface area contributed by atoms with Crippen molar-refractivity contribution in [2.24, 2.45) is 5.41 Å². The van der Waals surface area contributed by atoms with E-state index >= 15 is 0 Å². The second kappa shape index (κ2) is 6.30. The van der Waals surface area contributed by atoms with Crippen molar-refractivity contribution in [3.63, 3.8) is 0 Å². The lowest BCUT2D eigenvalue weighted by molar-refractivity contribution is -0.132. The first-order valence-electron chi connectivity index (χ1n) is 9.29. The Kier molecular flexibility index (Phi) is 4.14. The number of rotatable bonds is 4. The number of hydrogen-bond donors (Lipinski definition) is 2. The van der Waals surface area contributed by atoms with Crippen LogP contribution >= 0.6 is 0 Å². The fraction of sp³-hybridized carbons (Fsp3) is 0.450. The number of aromatic nitrogens is 1. The third-order valence-electron chi connectivity index (χ3n) is 5.88. The summed E-state index contributed by atoms with van der Waals surface area (Å²) in [4.78, 5) is 29.7. The summed E-state index contributed by atoms with van der Waals surface area (Å²) in [5, 5.41) is 12.5. The van der Waals surface area contributed by atoms with E-state index in [2.05, 4.69) is 10.3 Å². The van der Waals surface area contributed by atoms with Crippen LogP contribution in [0.3, 0.4) is 0 Å². The molecule has 2 fully saturated rings. The van der Waals surface area contributed by atoms with Crippen LogP contribution < -0.4 is 5.32 Å². The lowest BCUT2D eigenvalue weighted by atomic mass is 10.1. The summed E-state index contributed by atoms with van der Waals surface area (Å²) in [5.41, 5.74) is 0.354. The third-order valence-corrected chi connectivity index (χ3v) is 5.88. The van der Waals surface area contributed by atoms with E-state index in [1.165, 1.54) is 4.90 Å². The molecule has 2 aromatic rings. The van der Waals surface area contributed by atoms with Crippen molar-refractivity contribution in [1.29, 1.82) is 5.26 Å². The maximum absolute atomic E-state index is 13.6. The van der Waals surface area contributed by atoms with Crippen LogP contribution in [-0.4, -0.2) is 46.8 Å². The van der Waals surface area contributed by atoms with Gasteiger partial charge in [-0.2, -0.15) is 5.26 Å². The number of nitrogens with one attached hydrogen (secondary N) is 2. The van der Waals surface area contributed by atoms with Gasteiger partial charge in [0.1, 0.15) is 11.7 Å². The van der Waals surface area contributed by atoms with Gasteiger partial charge >= 0.3 is 0 Å². The van der Waals surface area contributed by atoms with Crippen LogP contribution in [0.15, 0.2) is 24.3 Å². The molecule has 1 saturated heterocycles. The van der Waals surface area contributed by atoms with Gasteiger partial charge in [-0.05, 0) is 31.0 Å². The Balaban J connectivity index is 1.45. The SMILES string of the molecule is CC[C@H](NC(=O)c1cc2ccc(C#N)cc2[nH]1)C(=O)N1CC[C@]2(C1)CC2(F)F. The van der Waals surface area contributed by atoms with Gasteiger partial charge in [0.05, 0.1) is 17.0 Å². The number of nitrogens with zero attached hydrogens (tertiary/aromatic N) is 2. The molecule has 6 nitrogen and oxygen atoms in total. The highest BCUT2D eigenvalue weighted by molar-refractivity contribution is 6.00. The Morgan fingerprint density at radius 3 is 2.75 bits per heavy atom. The van der Waals surface area contributed by atoms with E-state index in [1.807, 2.05) is 6.07 Å². The van der Waals surface area contributed by atoms with Crippen molar-refractivity contribution in [2.75, 3.05) is 13.1 Å². The molecule has 4 rings (SSSR count). The Hall–Kier alpha value is -2.95. The molecule has 0 radical (unpaired) electrons. The highest BCUT2D eigenvalue weighted by atomic mass is 19.3. The van der Waals surface area contributed by atoms with Gasteiger partial charge < -0.3 is 15.2 Å². The fourth-order valence-corrected chi connectivity index (χ4v) is 4.00. The van der Waals surface area contributed by atoms with Gasteiger partial charge in [0, 0.05) is 30.4 Å². The first-order chi connectivity index (χ1) is 13.3. The van der Waals surface area contributed by atoms with E-state index in [9.17, 15) is 18.4 Å². The minimum atomic E-state index is -2.68. The maximum Gasteiger partial charge on any atom is 0.268 e. The molecule has 2 amide bonds. The largest absolute Gasteiger partial charge is 0.350 e. The summed E-state index contributed by atoms with van der Waals surface area (Å²) in [5.74, 6) is -3.45. The molecule has 1 aromatic carbocycles. The first kappa shape index (κ1) is 18.4. The van der Waals surface area contributed by atoms with Crippen molar-refractivity contribution in [3.8, 4) is 6.07 Å². The fourth-order valence-electron chi connectivity index (χ4n) is 4.00. The average molecular weight is 386 g/mol. The summed E-state index contributed by atoms with van der Waals surface area (Å²) in [6.07, 6.45) is 0.509. The molecule has 0 bridgehead atoms. The standard InChI is InChI=1S/C20H20F2N4O2/c1-2-14(18(28)26-6-5-19(11-26)10-20(19,21)22)25-17(27)16-8-13-4-3-12(9-23)7-15(13)24-16/h3-4,7-8,14,24H,2,5-6,10-11H2,1H3,(H,25,27)/t14-,19+/m0/s1. The Bertz CT molecular complexity index is 1010. The zero-order chi connectivity index (χ0) is 20.1. The monoisotopic (exact) mass is 386 g/mol. The topological polar surface area (TPSA) is 89.0 Å². The van der Waals surface area contributed by atoms with Crippen LogP contribution in [0, 0.1) is 16.7 Å². The van der Waals surface area contributed by atoms with Crippen molar-refractivity contribution in [1.82, 2.24) is 15.2 Å². The molecule has 1 saturated carbocycles. The molecule has 1 aliphatic heterocycles. The smallest absolute Gasteiger partial charge is 0.268 e. The Morgan fingerprint density at radius 1 is 1.39 bits per heavy atom. The van der Waals surface area contributed by atoms with Gasteiger partial charge in [-0.3, -0.25) is 9.59 Å². The number of fused-ring (bicyclic) bond motifs is 1. The van der Waals surface area contributed by atoms with E-state index in [-0.39, 0.29) is 24.6 Å². The van der Waals surface area contributed by atoms with E-state index in [4.69, 9.17) is 5.26 Å². The van der Waals surface area contributed by atoms with Gasteiger partial charge in [-0.1, -0.05) is 13.0 Å². The molecule has 2 heterocycles. The zero-order valence-corrected chi connectivity index (χ0v) is 15.4. The molecule has 0 unspecified atom stereocenters. The summed E-state index contributed by atoms with van der Waals surface area (Å²) >= 11 is 0. The van der Waals surface area contributed by atoms with E-state index < -0.39 is 23.3 Å². The summed E-state index contributed by atoms with van der Waals surface area (Å²) in [6.45, 7) is 2.11. The van der Waals surface area contributed by atoms with Crippen LogP contribution in [0.25, 0.3) is 10.9 Å². The lowest BCUT2D eigenvalue weighted by Crippen LogP contribution is -2.47. The maximum atomic E-state index is 13.6. The van der Waals surface area contributed by atoms with Gasteiger partial charge in [0.15, 0.2) is 0 Å². The summed E-state index contributed by atoms with van der Waals surface area (Å²) in [6, 6.07) is 7.97. The zero-order valence-electron chi connectivity index (χ0n) is 15.4. The van der Waals surface area contributed by atoms with Crippen LogP contribution in [0.2, 0.25) is 0 Å². The van der Waals surface area contributed by atoms with Gasteiger partial charge in [-0.25, -0.2) is 8.78 Å². The Labute approximate surface area is 160 Å². The number of nitriles is 1. The number of alkyl halides is 2. The number of amides is 2. The normalized spacial score (nSPS) is 23.6.